The number of hydrogen-bond donors (Lipinski definition) is 0. The third-order valence-corrected chi connectivity index (χ3v) is 6.89. The topological polar surface area (TPSA) is 79.1 Å². The Labute approximate surface area is 214 Å². The van der Waals surface area contributed by atoms with E-state index >= 15 is 0 Å². The van der Waals surface area contributed by atoms with E-state index in [2.05, 4.69) is 0 Å². The predicted molar refractivity (Wildman–Crippen MR) is 141 cm³/mol. The highest BCUT2D eigenvalue weighted by Gasteiger charge is 2.29. The molecule has 0 radical (unpaired) electrons. The standard InChI is InChI=1S/C28H30N2O5S/c1-5-10-21-25(27(32)34-6-2)18(3)30-26(31)24(36-28(30)29-21)16-20-13-14-22(23(15-20)33-4)35-17-19-11-8-7-9-12-19/h7-9,11-16,21H,5-6,10,17H2,1-4H3/b24-16-/t21-/m1/s1. The summed E-state index contributed by atoms with van der Waals surface area (Å²) >= 11 is 1.31. The lowest BCUT2D eigenvalue weighted by molar-refractivity contribution is -0.138. The zero-order valence-electron chi connectivity index (χ0n) is 20.9. The molecule has 1 aliphatic rings. The molecule has 3 aromatic rings. The maximum Gasteiger partial charge on any atom is 0.337 e. The minimum Gasteiger partial charge on any atom is -0.493 e. The summed E-state index contributed by atoms with van der Waals surface area (Å²) in [6.45, 7) is 6.29. The average molecular weight is 507 g/mol. The maximum absolute atomic E-state index is 13.3. The number of benzene rings is 2. The third-order valence-electron chi connectivity index (χ3n) is 5.91. The van der Waals surface area contributed by atoms with Crippen LogP contribution in [0.5, 0.6) is 11.5 Å². The summed E-state index contributed by atoms with van der Waals surface area (Å²) < 4.78 is 18.8. The van der Waals surface area contributed by atoms with Gasteiger partial charge in [-0.15, -0.1) is 0 Å². The van der Waals surface area contributed by atoms with E-state index in [4.69, 9.17) is 19.2 Å². The highest BCUT2D eigenvalue weighted by Crippen LogP contribution is 2.29. The zero-order valence-corrected chi connectivity index (χ0v) is 21.8. The SMILES string of the molecule is CCC[C@H]1N=c2s/c(=C\c3ccc(OCc4ccccc4)c(OC)c3)c(=O)n2C(C)=C1C(=O)OCC. The second-order valence-corrected chi connectivity index (χ2v) is 9.38. The first kappa shape index (κ1) is 25.4. The Bertz CT molecular complexity index is 1450. The Morgan fingerprint density at radius 1 is 1.14 bits per heavy atom. The molecule has 0 bridgehead atoms. The van der Waals surface area contributed by atoms with Gasteiger partial charge in [0.05, 0.1) is 29.9 Å². The van der Waals surface area contributed by atoms with Crippen molar-refractivity contribution in [2.75, 3.05) is 13.7 Å². The van der Waals surface area contributed by atoms with Gasteiger partial charge in [-0.25, -0.2) is 9.79 Å². The molecule has 1 aromatic heterocycles. The Balaban J connectivity index is 1.70. The number of ether oxygens (including phenoxy) is 3. The zero-order chi connectivity index (χ0) is 25.7. The summed E-state index contributed by atoms with van der Waals surface area (Å²) in [7, 11) is 1.59. The van der Waals surface area contributed by atoms with Gasteiger partial charge in [-0.3, -0.25) is 9.36 Å². The lowest BCUT2D eigenvalue weighted by atomic mass is 10.00. The molecule has 36 heavy (non-hydrogen) atoms. The van der Waals surface area contributed by atoms with E-state index in [1.54, 1.807) is 21.0 Å². The monoisotopic (exact) mass is 506 g/mol. The predicted octanol–water partition coefficient (Wildman–Crippen LogP) is 3.92. The number of fused-ring (bicyclic) bond motifs is 1. The Morgan fingerprint density at radius 2 is 1.92 bits per heavy atom. The van der Waals surface area contributed by atoms with Crippen LogP contribution in [0.15, 0.2) is 63.9 Å². The molecule has 2 heterocycles. The highest BCUT2D eigenvalue weighted by molar-refractivity contribution is 7.07. The molecule has 4 rings (SSSR count). The molecule has 1 aliphatic heterocycles. The fraction of sp³-hybridized carbons (Fsp3) is 0.321. The molecule has 0 spiro atoms. The number of hydrogen-bond acceptors (Lipinski definition) is 7. The van der Waals surface area contributed by atoms with Gasteiger partial charge >= 0.3 is 5.97 Å². The van der Waals surface area contributed by atoms with Crippen molar-refractivity contribution in [3.63, 3.8) is 0 Å². The minimum atomic E-state index is -0.415. The highest BCUT2D eigenvalue weighted by atomic mass is 32.1. The first-order valence-electron chi connectivity index (χ1n) is 12.0. The molecule has 0 unspecified atom stereocenters. The summed E-state index contributed by atoms with van der Waals surface area (Å²) in [6.07, 6.45) is 3.37. The van der Waals surface area contributed by atoms with Gasteiger partial charge in [0.25, 0.3) is 5.56 Å². The summed E-state index contributed by atoms with van der Waals surface area (Å²) in [5.74, 6) is 0.785. The van der Waals surface area contributed by atoms with Crippen molar-refractivity contribution >= 4 is 29.1 Å². The number of allylic oxidation sites excluding steroid dienone is 1. The minimum absolute atomic E-state index is 0.212. The van der Waals surface area contributed by atoms with Crippen LogP contribution in [0.2, 0.25) is 0 Å². The van der Waals surface area contributed by atoms with Crippen LogP contribution in [0.1, 0.15) is 44.7 Å². The average Bonchev–Trinajstić information content (AvgIpc) is 3.19. The van der Waals surface area contributed by atoms with Crippen LogP contribution in [0.3, 0.4) is 0 Å². The van der Waals surface area contributed by atoms with Crippen molar-refractivity contribution in [3.8, 4) is 11.5 Å². The van der Waals surface area contributed by atoms with E-state index in [-0.39, 0.29) is 18.2 Å². The number of nitrogens with zero attached hydrogens (tertiary/aromatic N) is 2. The van der Waals surface area contributed by atoms with Crippen LogP contribution < -0.4 is 24.4 Å². The van der Waals surface area contributed by atoms with Crippen LogP contribution in [0, 0.1) is 0 Å². The van der Waals surface area contributed by atoms with E-state index in [1.165, 1.54) is 15.9 Å². The number of esters is 1. The smallest absolute Gasteiger partial charge is 0.337 e. The third kappa shape index (κ3) is 5.28. The van der Waals surface area contributed by atoms with Crippen LogP contribution >= 0.6 is 11.3 Å². The number of thiazole rings is 1. The number of aromatic nitrogens is 1. The van der Waals surface area contributed by atoms with Gasteiger partial charge in [0.1, 0.15) is 6.61 Å². The lowest BCUT2D eigenvalue weighted by Crippen LogP contribution is -2.37. The molecule has 0 saturated heterocycles. The van der Waals surface area contributed by atoms with Crippen LogP contribution in [-0.4, -0.2) is 30.3 Å². The molecule has 7 nitrogen and oxygen atoms in total. The summed E-state index contributed by atoms with van der Waals surface area (Å²) in [5.41, 5.74) is 2.69. The van der Waals surface area contributed by atoms with E-state index in [0.29, 0.717) is 45.1 Å². The number of carbonyl (C=O) groups excluding carboxylic acids is 1. The van der Waals surface area contributed by atoms with Gasteiger partial charge in [0.15, 0.2) is 16.3 Å². The molecule has 0 fully saturated rings. The van der Waals surface area contributed by atoms with Gasteiger partial charge in [-0.1, -0.05) is 61.1 Å². The van der Waals surface area contributed by atoms with Gasteiger partial charge in [-0.2, -0.15) is 0 Å². The number of carbonyl (C=O) groups is 1. The number of rotatable bonds is 9. The molecule has 188 valence electrons. The first-order chi connectivity index (χ1) is 17.5. The molecule has 8 heteroatoms. The lowest BCUT2D eigenvalue weighted by Gasteiger charge is -2.21. The number of methoxy groups -OCH3 is 1. The van der Waals surface area contributed by atoms with Crippen molar-refractivity contribution in [2.45, 2.75) is 46.3 Å². The molecule has 0 aliphatic carbocycles. The van der Waals surface area contributed by atoms with Crippen molar-refractivity contribution in [3.05, 3.63) is 84.9 Å². The molecular weight excluding hydrogens is 476 g/mol. The van der Waals surface area contributed by atoms with E-state index in [9.17, 15) is 9.59 Å². The van der Waals surface area contributed by atoms with Crippen molar-refractivity contribution < 1.29 is 19.0 Å². The van der Waals surface area contributed by atoms with Crippen LogP contribution in [0.4, 0.5) is 0 Å². The van der Waals surface area contributed by atoms with Gasteiger partial charge < -0.3 is 14.2 Å². The molecule has 1 atom stereocenters. The quantitative estimate of drug-likeness (QED) is 0.411. The van der Waals surface area contributed by atoms with E-state index < -0.39 is 5.97 Å². The Kier molecular flexibility index (Phi) is 8.05. The maximum atomic E-state index is 13.3. The summed E-state index contributed by atoms with van der Waals surface area (Å²) in [4.78, 5) is 31.4. The summed E-state index contributed by atoms with van der Waals surface area (Å²) in [6, 6.07) is 15.1. The molecular formula is C28H30N2O5S. The second kappa shape index (κ2) is 11.4. The fourth-order valence-electron chi connectivity index (χ4n) is 4.17. The first-order valence-corrected chi connectivity index (χ1v) is 12.8. The van der Waals surface area contributed by atoms with E-state index in [1.807, 2.05) is 61.5 Å². The molecule has 0 N–H and O–H groups in total. The second-order valence-electron chi connectivity index (χ2n) is 8.37. The molecule has 0 amide bonds. The molecule has 2 aromatic carbocycles. The molecule has 0 saturated carbocycles. The summed E-state index contributed by atoms with van der Waals surface area (Å²) in [5, 5.41) is 0. The van der Waals surface area contributed by atoms with Crippen molar-refractivity contribution in [1.29, 1.82) is 0 Å². The largest absolute Gasteiger partial charge is 0.493 e. The van der Waals surface area contributed by atoms with Crippen molar-refractivity contribution in [2.24, 2.45) is 4.99 Å². The normalized spacial score (nSPS) is 15.3. The van der Waals surface area contributed by atoms with E-state index in [0.717, 1.165) is 17.5 Å². The fourth-order valence-corrected chi connectivity index (χ4v) is 5.23. The van der Waals surface area contributed by atoms with Gasteiger partial charge in [0.2, 0.25) is 0 Å². The van der Waals surface area contributed by atoms with Crippen LogP contribution in [-0.2, 0) is 16.1 Å². The Morgan fingerprint density at radius 3 is 2.61 bits per heavy atom. The van der Waals surface area contributed by atoms with Crippen LogP contribution in [0.25, 0.3) is 11.8 Å². The van der Waals surface area contributed by atoms with Gasteiger partial charge in [-0.05, 0) is 49.6 Å². The van der Waals surface area contributed by atoms with Gasteiger partial charge in [0, 0.05) is 5.70 Å². The Hall–Kier alpha value is -3.65. The van der Waals surface area contributed by atoms with Crippen molar-refractivity contribution in [1.82, 2.24) is 4.57 Å².